The molecule has 0 unspecified atom stereocenters. The summed E-state index contributed by atoms with van der Waals surface area (Å²) in [5.41, 5.74) is 7.26. The number of benzene rings is 2. The summed E-state index contributed by atoms with van der Waals surface area (Å²) >= 11 is 5.78. The van der Waals surface area contributed by atoms with Crippen molar-refractivity contribution in [3.63, 3.8) is 0 Å². The summed E-state index contributed by atoms with van der Waals surface area (Å²) in [6.07, 6.45) is 0.0471. The standard InChI is InChI=1S/C16H17ClN2O4S/c1-10-2-7-14(8-11(10)9-15(18)16(20)21)24(22,23)19-13-5-3-12(17)4-6-13/h2-8,15,19H,9,18H2,1H3,(H,20,21)/t15-/m1/s1. The highest BCUT2D eigenvalue weighted by Gasteiger charge is 2.18. The molecule has 0 saturated heterocycles. The molecule has 8 heteroatoms. The first-order chi connectivity index (χ1) is 11.2. The number of anilines is 1. The summed E-state index contributed by atoms with van der Waals surface area (Å²) in [6, 6.07) is 9.69. The fraction of sp³-hybridized carbons (Fsp3) is 0.188. The number of aliphatic carboxylic acids is 1. The van der Waals surface area contributed by atoms with Gasteiger partial charge < -0.3 is 10.8 Å². The molecule has 0 fully saturated rings. The van der Waals surface area contributed by atoms with Crippen LogP contribution in [0.25, 0.3) is 0 Å². The largest absolute Gasteiger partial charge is 0.480 e. The molecule has 0 amide bonds. The predicted molar refractivity (Wildman–Crippen MR) is 92.8 cm³/mol. The summed E-state index contributed by atoms with van der Waals surface area (Å²) in [7, 11) is -3.80. The van der Waals surface area contributed by atoms with Gasteiger partial charge in [-0.25, -0.2) is 8.42 Å². The lowest BCUT2D eigenvalue weighted by Crippen LogP contribution is -2.32. The van der Waals surface area contributed by atoms with E-state index in [1.165, 1.54) is 12.1 Å². The van der Waals surface area contributed by atoms with Crippen LogP contribution in [0.4, 0.5) is 5.69 Å². The fourth-order valence-corrected chi connectivity index (χ4v) is 3.33. The fourth-order valence-electron chi connectivity index (χ4n) is 2.09. The van der Waals surface area contributed by atoms with Crippen LogP contribution in [0.5, 0.6) is 0 Å². The van der Waals surface area contributed by atoms with E-state index in [0.717, 1.165) is 5.56 Å². The second-order valence-corrected chi connectivity index (χ2v) is 7.47. The molecule has 128 valence electrons. The second-order valence-electron chi connectivity index (χ2n) is 5.35. The van der Waals surface area contributed by atoms with Crippen LogP contribution in [-0.4, -0.2) is 25.5 Å². The summed E-state index contributed by atoms with van der Waals surface area (Å²) < 4.78 is 27.4. The summed E-state index contributed by atoms with van der Waals surface area (Å²) in [6.45, 7) is 1.77. The Kier molecular flexibility index (Phi) is 5.48. The molecule has 4 N–H and O–H groups in total. The zero-order valence-corrected chi connectivity index (χ0v) is 14.4. The van der Waals surface area contributed by atoms with Crippen molar-refractivity contribution < 1.29 is 18.3 Å². The number of carbonyl (C=O) groups is 1. The number of nitrogens with two attached hydrogens (primary N) is 1. The molecule has 0 aliphatic carbocycles. The highest BCUT2D eigenvalue weighted by atomic mass is 35.5. The molecule has 2 rings (SSSR count). The molecule has 0 saturated carbocycles. The van der Waals surface area contributed by atoms with Crippen molar-refractivity contribution >= 4 is 33.3 Å². The quantitative estimate of drug-likeness (QED) is 0.725. The van der Waals surface area contributed by atoms with Crippen LogP contribution in [0.2, 0.25) is 5.02 Å². The van der Waals surface area contributed by atoms with Crippen molar-refractivity contribution in [2.75, 3.05) is 4.72 Å². The molecule has 0 aromatic heterocycles. The average Bonchev–Trinajstić information content (AvgIpc) is 2.51. The van der Waals surface area contributed by atoms with Crippen molar-refractivity contribution in [2.24, 2.45) is 5.73 Å². The van der Waals surface area contributed by atoms with Crippen LogP contribution < -0.4 is 10.5 Å². The molecule has 0 spiro atoms. The van der Waals surface area contributed by atoms with Crippen molar-refractivity contribution in [3.05, 3.63) is 58.6 Å². The smallest absolute Gasteiger partial charge is 0.320 e. The monoisotopic (exact) mass is 368 g/mol. The van der Waals surface area contributed by atoms with E-state index in [1.54, 1.807) is 37.3 Å². The Morgan fingerprint density at radius 1 is 1.25 bits per heavy atom. The Labute approximate surface area is 145 Å². The normalized spacial score (nSPS) is 12.6. The maximum Gasteiger partial charge on any atom is 0.320 e. The van der Waals surface area contributed by atoms with Gasteiger partial charge in [0.2, 0.25) is 0 Å². The first kappa shape index (κ1) is 18.3. The first-order valence-electron chi connectivity index (χ1n) is 7.05. The number of nitrogens with one attached hydrogen (secondary N) is 1. The van der Waals surface area contributed by atoms with Crippen LogP contribution in [-0.2, 0) is 21.2 Å². The molecule has 6 nitrogen and oxygen atoms in total. The molecule has 0 radical (unpaired) electrons. The van der Waals surface area contributed by atoms with Crippen LogP contribution in [0.3, 0.4) is 0 Å². The predicted octanol–water partition coefficient (Wildman–Crippen LogP) is 2.40. The van der Waals surface area contributed by atoms with Gasteiger partial charge in [0.1, 0.15) is 6.04 Å². The topological polar surface area (TPSA) is 109 Å². The molecule has 1 atom stereocenters. The Balaban J connectivity index is 2.30. The molecular weight excluding hydrogens is 352 g/mol. The van der Waals surface area contributed by atoms with Crippen molar-refractivity contribution in [3.8, 4) is 0 Å². The molecule has 0 heterocycles. The summed E-state index contributed by atoms with van der Waals surface area (Å²) in [4.78, 5) is 10.9. The first-order valence-corrected chi connectivity index (χ1v) is 8.91. The van der Waals surface area contributed by atoms with E-state index in [0.29, 0.717) is 16.3 Å². The zero-order chi connectivity index (χ0) is 17.9. The van der Waals surface area contributed by atoms with Crippen LogP contribution in [0.15, 0.2) is 47.4 Å². The van der Waals surface area contributed by atoms with Crippen LogP contribution in [0, 0.1) is 6.92 Å². The van der Waals surface area contributed by atoms with Gasteiger partial charge in [0.05, 0.1) is 4.90 Å². The minimum atomic E-state index is -3.80. The lowest BCUT2D eigenvalue weighted by atomic mass is 10.0. The third kappa shape index (κ3) is 4.47. The van der Waals surface area contributed by atoms with Crippen LogP contribution in [0.1, 0.15) is 11.1 Å². The Morgan fingerprint density at radius 3 is 2.46 bits per heavy atom. The SMILES string of the molecule is Cc1ccc(S(=O)(=O)Nc2ccc(Cl)cc2)cc1C[C@@H](N)C(=O)O. The van der Waals surface area contributed by atoms with Gasteiger partial charge in [0.15, 0.2) is 0 Å². The molecule has 0 bridgehead atoms. The number of carboxylic acids is 1. The van der Waals surface area contributed by atoms with Crippen molar-refractivity contribution in [1.29, 1.82) is 0 Å². The van der Waals surface area contributed by atoms with E-state index in [2.05, 4.69) is 4.72 Å². The van der Waals surface area contributed by atoms with Crippen molar-refractivity contribution in [2.45, 2.75) is 24.3 Å². The molecule has 2 aromatic rings. The van der Waals surface area contributed by atoms with E-state index in [9.17, 15) is 13.2 Å². The van der Waals surface area contributed by atoms with Gasteiger partial charge in [-0.2, -0.15) is 0 Å². The van der Waals surface area contributed by atoms with Gasteiger partial charge >= 0.3 is 5.97 Å². The molecule has 0 aliphatic rings. The highest BCUT2D eigenvalue weighted by molar-refractivity contribution is 7.92. The second kappa shape index (κ2) is 7.21. The lowest BCUT2D eigenvalue weighted by molar-refractivity contribution is -0.138. The van der Waals surface area contributed by atoms with E-state index < -0.39 is 22.0 Å². The Bertz CT molecular complexity index is 851. The zero-order valence-electron chi connectivity index (χ0n) is 12.9. The Morgan fingerprint density at radius 2 is 1.88 bits per heavy atom. The maximum absolute atomic E-state index is 12.5. The number of aryl methyl sites for hydroxylation is 1. The van der Waals surface area contributed by atoms with Gasteiger partial charge in [-0.3, -0.25) is 9.52 Å². The molecule has 2 aromatic carbocycles. The Hall–Kier alpha value is -2.09. The molecule has 24 heavy (non-hydrogen) atoms. The van der Waals surface area contributed by atoms with Gasteiger partial charge in [-0.1, -0.05) is 17.7 Å². The van der Waals surface area contributed by atoms with Gasteiger partial charge in [0.25, 0.3) is 10.0 Å². The number of halogens is 1. The average molecular weight is 369 g/mol. The van der Waals surface area contributed by atoms with Gasteiger partial charge in [0, 0.05) is 10.7 Å². The van der Waals surface area contributed by atoms with Gasteiger partial charge in [-0.05, 0) is 60.9 Å². The minimum Gasteiger partial charge on any atom is -0.480 e. The number of carboxylic acid groups (broad SMARTS) is 1. The van der Waals surface area contributed by atoms with E-state index in [-0.39, 0.29) is 11.3 Å². The lowest BCUT2D eigenvalue weighted by Gasteiger charge is -2.13. The van der Waals surface area contributed by atoms with E-state index in [4.69, 9.17) is 22.4 Å². The number of sulfonamides is 1. The third-order valence-electron chi connectivity index (χ3n) is 3.48. The third-order valence-corrected chi connectivity index (χ3v) is 5.12. The summed E-state index contributed by atoms with van der Waals surface area (Å²) in [5.74, 6) is -1.14. The highest BCUT2D eigenvalue weighted by Crippen LogP contribution is 2.21. The number of rotatable bonds is 6. The maximum atomic E-state index is 12.5. The van der Waals surface area contributed by atoms with Gasteiger partial charge in [-0.15, -0.1) is 0 Å². The number of hydrogen-bond donors (Lipinski definition) is 3. The van der Waals surface area contributed by atoms with E-state index in [1.807, 2.05) is 0 Å². The van der Waals surface area contributed by atoms with E-state index >= 15 is 0 Å². The minimum absolute atomic E-state index is 0.0376. The summed E-state index contributed by atoms with van der Waals surface area (Å²) in [5, 5.41) is 9.41. The van der Waals surface area contributed by atoms with Crippen molar-refractivity contribution in [1.82, 2.24) is 0 Å². The molecule has 0 aliphatic heterocycles. The molecular formula is C16H17ClN2O4S. The number of hydrogen-bond acceptors (Lipinski definition) is 4. The van der Waals surface area contributed by atoms with Crippen LogP contribution >= 0.6 is 11.6 Å².